The molecule has 3 heteroatoms. The smallest absolute Gasteiger partial charge is 0.0968 e. The van der Waals surface area contributed by atoms with Crippen molar-refractivity contribution in [3.63, 3.8) is 0 Å². The zero-order valence-electron chi connectivity index (χ0n) is 18.3. The highest BCUT2D eigenvalue weighted by atomic mass is 16.5. The normalized spacial score (nSPS) is 14.0. The quantitative estimate of drug-likeness (QED) is 0.343. The molecule has 3 aromatic rings. The van der Waals surface area contributed by atoms with E-state index in [1.807, 2.05) is 48.5 Å². The average molecular weight is 416 g/mol. The molecule has 0 bridgehead atoms. The van der Waals surface area contributed by atoms with Crippen molar-refractivity contribution in [2.24, 2.45) is 0 Å². The van der Waals surface area contributed by atoms with Crippen molar-refractivity contribution >= 4 is 0 Å². The Labute approximate surface area is 186 Å². The Hall–Kier alpha value is -2.72. The van der Waals surface area contributed by atoms with Crippen molar-refractivity contribution in [2.45, 2.75) is 44.7 Å². The Morgan fingerprint density at radius 2 is 1.35 bits per heavy atom. The van der Waals surface area contributed by atoms with Crippen LogP contribution in [0.15, 0.2) is 104 Å². The lowest BCUT2D eigenvalue weighted by molar-refractivity contribution is -0.0485. The fraction of sp³-hybridized carbons (Fsp3) is 0.286. The second kappa shape index (κ2) is 12.9. The van der Waals surface area contributed by atoms with E-state index in [4.69, 9.17) is 9.47 Å². The lowest BCUT2D eigenvalue weighted by Gasteiger charge is -2.30. The van der Waals surface area contributed by atoms with Crippen LogP contribution in [0.5, 0.6) is 0 Å². The lowest BCUT2D eigenvalue weighted by atomic mass is 10.0. The molecule has 0 aliphatic rings. The first-order valence-corrected chi connectivity index (χ1v) is 11.0. The van der Waals surface area contributed by atoms with Gasteiger partial charge in [-0.05, 0) is 30.0 Å². The van der Waals surface area contributed by atoms with E-state index in [1.165, 1.54) is 5.56 Å². The first kappa shape index (κ1) is 23.0. The third kappa shape index (κ3) is 7.80. The van der Waals surface area contributed by atoms with Crippen LogP contribution in [0.1, 0.15) is 36.1 Å². The minimum absolute atomic E-state index is 0.0900. The van der Waals surface area contributed by atoms with Crippen LogP contribution in [0.4, 0.5) is 0 Å². The van der Waals surface area contributed by atoms with E-state index in [-0.39, 0.29) is 18.2 Å². The summed E-state index contributed by atoms with van der Waals surface area (Å²) in [5.74, 6) is 0. The molecule has 0 aliphatic carbocycles. The molecule has 3 atom stereocenters. The predicted octanol–water partition coefficient (Wildman–Crippen LogP) is 6.08. The zero-order chi connectivity index (χ0) is 21.7. The van der Waals surface area contributed by atoms with Crippen LogP contribution in [0, 0.1) is 0 Å². The minimum Gasteiger partial charge on any atom is -0.374 e. The van der Waals surface area contributed by atoms with Gasteiger partial charge in [0.2, 0.25) is 0 Å². The summed E-state index contributed by atoms with van der Waals surface area (Å²) in [6, 6.07) is 31.3. The van der Waals surface area contributed by atoms with Crippen LogP contribution in [-0.2, 0) is 22.7 Å². The Morgan fingerprint density at radius 3 is 1.94 bits per heavy atom. The largest absolute Gasteiger partial charge is 0.374 e. The Morgan fingerprint density at radius 1 is 0.806 bits per heavy atom. The monoisotopic (exact) mass is 415 g/mol. The summed E-state index contributed by atoms with van der Waals surface area (Å²) in [6.45, 7) is 7.79. The zero-order valence-corrected chi connectivity index (χ0v) is 18.3. The van der Waals surface area contributed by atoms with E-state index in [1.54, 1.807) is 0 Å². The molecular weight excluding hydrogens is 382 g/mol. The van der Waals surface area contributed by atoms with Crippen LogP contribution in [-0.4, -0.2) is 18.8 Å². The van der Waals surface area contributed by atoms with Gasteiger partial charge in [-0.2, -0.15) is 0 Å². The van der Waals surface area contributed by atoms with E-state index in [9.17, 15) is 0 Å². The van der Waals surface area contributed by atoms with Gasteiger partial charge in [-0.3, -0.25) is 0 Å². The molecule has 0 heterocycles. The maximum atomic E-state index is 6.38. The molecule has 3 rings (SSSR count). The van der Waals surface area contributed by atoms with Gasteiger partial charge in [0, 0.05) is 12.1 Å². The minimum atomic E-state index is -0.104. The molecular formula is C28H33NO2. The van der Waals surface area contributed by atoms with E-state index in [0.717, 1.165) is 17.5 Å². The van der Waals surface area contributed by atoms with Crippen molar-refractivity contribution in [1.82, 2.24) is 5.32 Å². The third-order valence-corrected chi connectivity index (χ3v) is 5.33. The van der Waals surface area contributed by atoms with E-state index in [0.29, 0.717) is 19.8 Å². The summed E-state index contributed by atoms with van der Waals surface area (Å²) in [4.78, 5) is 0. The van der Waals surface area contributed by atoms with Crippen LogP contribution < -0.4 is 5.32 Å². The van der Waals surface area contributed by atoms with Gasteiger partial charge < -0.3 is 14.8 Å². The Balaban J connectivity index is 1.67. The van der Waals surface area contributed by atoms with Gasteiger partial charge in [-0.25, -0.2) is 0 Å². The standard InChI is InChI=1S/C28H33NO2/c1-3-13-27(29-23(2)26-18-11-6-12-19-26)28(31-21-25-16-9-5-10-17-25)22-30-20-24-14-7-4-8-15-24/h3-12,14-19,23,27-29H,1,13,20-22H2,2H3/t23-,27-,28-/m1/s1. The Kier molecular flexibility index (Phi) is 9.52. The number of ether oxygens (including phenoxy) is 2. The van der Waals surface area contributed by atoms with E-state index >= 15 is 0 Å². The lowest BCUT2D eigenvalue weighted by Crippen LogP contribution is -2.44. The van der Waals surface area contributed by atoms with Gasteiger partial charge in [0.05, 0.1) is 25.9 Å². The number of benzene rings is 3. The molecule has 0 fully saturated rings. The van der Waals surface area contributed by atoms with Crippen molar-refractivity contribution < 1.29 is 9.47 Å². The number of rotatable bonds is 13. The fourth-order valence-corrected chi connectivity index (χ4v) is 3.59. The van der Waals surface area contributed by atoms with Gasteiger partial charge in [0.25, 0.3) is 0 Å². The van der Waals surface area contributed by atoms with Gasteiger partial charge in [-0.15, -0.1) is 6.58 Å². The van der Waals surface area contributed by atoms with E-state index in [2.05, 4.69) is 67.4 Å². The van der Waals surface area contributed by atoms with Crippen LogP contribution in [0.3, 0.4) is 0 Å². The SMILES string of the molecule is C=CC[C@@H](N[C@H](C)c1ccccc1)[C@@H](COCc1ccccc1)OCc1ccccc1. The molecule has 0 unspecified atom stereocenters. The van der Waals surface area contributed by atoms with Crippen molar-refractivity contribution in [3.05, 3.63) is 120 Å². The molecule has 31 heavy (non-hydrogen) atoms. The highest BCUT2D eigenvalue weighted by Crippen LogP contribution is 2.17. The van der Waals surface area contributed by atoms with Crippen molar-refractivity contribution in [2.75, 3.05) is 6.61 Å². The van der Waals surface area contributed by atoms with Crippen molar-refractivity contribution in [3.8, 4) is 0 Å². The van der Waals surface area contributed by atoms with E-state index < -0.39 is 0 Å². The summed E-state index contributed by atoms with van der Waals surface area (Å²) < 4.78 is 12.5. The number of hydrogen-bond donors (Lipinski definition) is 1. The highest BCUT2D eigenvalue weighted by molar-refractivity contribution is 5.18. The number of hydrogen-bond acceptors (Lipinski definition) is 3. The summed E-state index contributed by atoms with van der Waals surface area (Å²) >= 11 is 0. The molecule has 0 aromatic heterocycles. The average Bonchev–Trinajstić information content (AvgIpc) is 2.83. The van der Waals surface area contributed by atoms with Crippen LogP contribution in [0.25, 0.3) is 0 Å². The summed E-state index contributed by atoms with van der Waals surface area (Å²) in [7, 11) is 0. The maximum absolute atomic E-state index is 6.38. The first-order valence-electron chi connectivity index (χ1n) is 11.0. The fourth-order valence-electron chi connectivity index (χ4n) is 3.59. The molecule has 3 nitrogen and oxygen atoms in total. The number of nitrogens with one attached hydrogen (secondary N) is 1. The molecule has 0 aliphatic heterocycles. The molecule has 162 valence electrons. The topological polar surface area (TPSA) is 30.5 Å². The summed E-state index contributed by atoms with van der Waals surface area (Å²) in [5.41, 5.74) is 3.57. The summed E-state index contributed by atoms with van der Waals surface area (Å²) in [5, 5.41) is 3.74. The van der Waals surface area contributed by atoms with Crippen molar-refractivity contribution in [1.29, 1.82) is 0 Å². The van der Waals surface area contributed by atoms with Gasteiger partial charge in [0.1, 0.15) is 0 Å². The molecule has 0 saturated carbocycles. The second-order valence-corrected chi connectivity index (χ2v) is 7.77. The molecule has 0 amide bonds. The third-order valence-electron chi connectivity index (χ3n) is 5.33. The molecule has 1 N–H and O–H groups in total. The highest BCUT2D eigenvalue weighted by Gasteiger charge is 2.24. The van der Waals surface area contributed by atoms with Gasteiger partial charge in [-0.1, -0.05) is 97.1 Å². The molecule has 0 radical (unpaired) electrons. The van der Waals surface area contributed by atoms with Crippen LogP contribution in [0.2, 0.25) is 0 Å². The molecule has 3 aromatic carbocycles. The van der Waals surface area contributed by atoms with Gasteiger partial charge in [0.15, 0.2) is 0 Å². The summed E-state index contributed by atoms with van der Waals surface area (Å²) in [6.07, 6.45) is 2.64. The Bertz CT molecular complexity index is 867. The van der Waals surface area contributed by atoms with Crippen LogP contribution >= 0.6 is 0 Å². The predicted molar refractivity (Wildman–Crippen MR) is 128 cm³/mol. The molecule has 0 saturated heterocycles. The van der Waals surface area contributed by atoms with Gasteiger partial charge >= 0.3 is 0 Å². The second-order valence-electron chi connectivity index (χ2n) is 7.77. The first-order chi connectivity index (χ1) is 15.3. The maximum Gasteiger partial charge on any atom is 0.0968 e. The molecule has 0 spiro atoms.